The van der Waals surface area contributed by atoms with E-state index < -0.39 is 0 Å². The second kappa shape index (κ2) is 8.13. The Kier molecular flexibility index (Phi) is 5.24. The number of nitrogens with zero attached hydrogens (tertiary/aromatic N) is 1. The summed E-state index contributed by atoms with van der Waals surface area (Å²) in [5, 5.41) is 0.950. The zero-order chi connectivity index (χ0) is 19.3. The van der Waals surface area contributed by atoms with Gasteiger partial charge in [-0.25, -0.2) is 4.98 Å². The van der Waals surface area contributed by atoms with E-state index in [1.54, 1.807) is 7.11 Å². The molecule has 0 saturated carbocycles. The van der Waals surface area contributed by atoms with Crippen LogP contribution in [0.15, 0.2) is 78.9 Å². The number of aromatic nitrogens is 1. The van der Waals surface area contributed by atoms with Crippen LogP contribution in [0.5, 0.6) is 11.5 Å². The Labute approximate surface area is 165 Å². The first-order chi connectivity index (χ1) is 13.8. The number of fused-ring (bicyclic) bond motifs is 1. The van der Waals surface area contributed by atoms with Crippen molar-refractivity contribution in [2.75, 3.05) is 7.11 Å². The molecule has 0 spiro atoms. The maximum absolute atomic E-state index is 6.23. The molecule has 0 amide bonds. The van der Waals surface area contributed by atoms with Gasteiger partial charge in [-0.1, -0.05) is 55.5 Å². The van der Waals surface area contributed by atoms with E-state index in [0.29, 0.717) is 6.61 Å². The molecule has 0 radical (unpaired) electrons. The molecule has 0 aliphatic rings. The van der Waals surface area contributed by atoms with Gasteiger partial charge in [-0.15, -0.1) is 0 Å². The van der Waals surface area contributed by atoms with Crippen molar-refractivity contribution in [1.29, 1.82) is 0 Å². The van der Waals surface area contributed by atoms with Crippen molar-refractivity contribution in [2.24, 2.45) is 0 Å². The molecule has 0 bridgehead atoms. The van der Waals surface area contributed by atoms with E-state index in [9.17, 15) is 0 Å². The zero-order valence-corrected chi connectivity index (χ0v) is 16.2. The molecule has 0 N–H and O–H groups in total. The van der Waals surface area contributed by atoms with E-state index in [0.717, 1.165) is 45.6 Å². The van der Waals surface area contributed by atoms with Gasteiger partial charge in [0.25, 0.3) is 0 Å². The highest BCUT2D eigenvalue weighted by atomic mass is 16.5. The molecule has 0 unspecified atom stereocenters. The van der Waals surface area contributed by atoms with Crippen LogP contribution in [0.2, 0.25) is 0 Å². The van der Waals surface area contributed by atoms with Gasteiger partial charge in [0, 0.05) is 17.0 Å². The van der Waals surface area contributed by atoms with Crippen LogP contribution < -0.4 is 9.47 Å². The van der Waals surface area contributed by atoms with Crippen LogP contribution in [0.3, 0.4) is 0 Å². The van der Waals surface area contributed by atoms with E-state index in [1.165, 1.54) is 5.56 Å². The second-order valence-electron chi connectivity index (χ2n) is 6.72. The van der Waals surface area contributed by atoms with Gasteiger partial charge in [-0.3, -0.25) is 0 Å². The highest BCUT2D eigenvalue weighted by Crippen LogP contribution is 2.33. The van der Waals surface area contributed by atoms with E-state index in [1.807, 2.05) is 42.5 Å². The molecule has 0 aliphatic carbocycles. The van der Waals surface area contributed by atoms with Gasteiger partial charge >= 0.3 is 0 Å². The van der Waals surface area contributed by atoms with E-state index in [4.69, 9.17) is 14.5 Å². The number of pyridine rings is 1. The molecule has 3 aromatic carbocycles. The smallest absolute Gasteiger partial charge is 0.131 e. The highest BCUT2D eigenvalue weighted by molar-refractivity contribution is 5.89. The van der Waals surface area contributed by atoms with Gasteiger partial charge in [-0.2, -0.15) is 0 Å². The topological polar surface area (TPSA) is 31.4 Å². The van der Waals surface area contributed by atoms with Crippen LogP contribution in [-0.4, -0.2) is 12.1 Å². The van der Waals surface area contributed by atoms with Crippen LogP contribution in [-0.2, 0) is 13.0 Å². The molecule has 0 aliphatic heterocycles. The fraction of sp³-hybridized carbons (Fsp3) is 0.160. The minimum atomic E-state index is 0.506. The Morgan fingerprint density at radius 1 is 0.821 bits per heavy atom. The molecule has 4 aromatic rings. The summed E-state index contributed by atoms with van der Waals surface area (Å²) in [7, 11) is 1.67. The van der Waals surface area contributed by atoms with Crippen molar-refractivity contribution < 1.29 is 9.47 Å². The van der Waals surface area contributed by atoms with Gasteiger partial charge in [0.1, 0.15) is 18.1 Å². The first kappa shape index (κ1) is 18.1. The molecule has 3 heteroatoms. The monoisotopic (exact) mass is 369 g/mol. The van der Waals surface area contributed by atoms with Crippen molar-refractivity contribution in [3.63, 3.8) is 0 Å². The lowest BCUT2D eigenvalue weighted by Crippen LogP contribution is -1.98. The Balaban J connectivity index is 1.79. The number of benzene rings is 3. The van der Waals surface area contributed by atoms with Crippen molar-refractivity contribution >= 4 is 10.9 Å². The van der Waals surface area contributed by atoms with E-state index in [-0.39, 0.29) is 0 Å². The average molecular weight is 369 g/mol. The summed E-state index contributed by atoms with van der Waals surface area (Å²) in [6.07, 6.45) is 0.996. The van der Waals surface area contributed by atoms with E-state index >= 15 is 0 Å². The van der Waals surface area contributed by atoms with Crippen LogP contribution in [0.4, 0.5) is 0 Å². The Morgan fingerprint density at radius 2 is 1.64 bits per heavy atom. The van der Waals surface area contributed by atoms with Crippen molar-refractivity contribution in [2.45, 2.75) is 20.0 Å². The summed E-state index contributed by atoms with van der Waals surface area (Å²) in [5.41, 5.74) is 5.33. The molecule has 3 nitrogen and oxygen atoms in total. The lowest BCUT2D eigenvalue weighted by Gasteiger charge is -2.13. The normalized spacial score (nSPS) is 10.8. The zero-order valence-electron chi connectivity index (χ0n) is 16.2. The van der Waals surface area contributed by atoms with Crippen molar-refractivity contribution in [3.8, 4) is 22.8 Å². The van der Waals surface area contributed by atoms with Crippen LogP contribution >= 0.6 is 0 Å². The van der Waals surface area contributed by atoms with Gasteiger partial charge in [0.2, 0.25) is 0 Å². The standard InChI is InChI=1S/C25H23NO2/c1-3-18-10-7-11-20(14-18)24-16-25(28-17-19-8-5-4-6-9-19)22-15-21(27-2)12-13-23(22)26-24/h4-16H,3,17H2,1-2H3. The van der Waals surface area contributed by atoms with Crippen LogP contribution in [0.25, 0.3) is 22.2 Å². The first-order valence-electron chi connectivity index (χ1n) is 9.51. The molecule has 140 valence electrons. The highest BCUT2D eigenvalue weighted by Gasteiger charge is 2.11. The average Bonchev–Trinajstić information content (AvgIpc) is 2.77. The third-order valence-corrected chi connectivity index (χ3v) is 4.85. The molecule has 0 fully saturated rings. The number of hydrogen-bond donors (Lipinski definition) is 0. The maximum atomic E-state index is 6.23. The third-order valence-electron chi connectivity index (χ3n) is 4.85. The second-order valence-corrected chi connectivity index (χ2v) is 6.72. The molecule has 1 aromatic heterocycles. The number of methoxy groups -OCH3 is 1. The number of ether oxygens (including phenoxy) is 2. The quantitative estimate of drug-likeness (QED) is 0.414. The van der Waals surface area contributed by atoms with Gasteiger partial charge in [-0.05, 0) is 41.8 Å². The molecular weight excluding hydrogens is 346 g/mol. The Bertz CT molecular complexity index is 1090. The minimum absolute atomic E-state index is 0.506. The fourth-order valence-corrected chi connectivity index (χ4v) is 3.25. The molecule has 1 heterocycles. The number of hydrogen-bond acceptors (Lipinski definition) is 3. The SMILES string of the molecule is CCc1cccc(-c2cc(OCc3ccccc3)c3cc(OC)ccc3n2)c1. The summed E-state index contributed by atoms with van der Waals surface area (Å²) in [5.74, 6) is 1.60. The molecule has 4 rings (SSSR count). The summed E-state index contributed by atoms with van der Waals surface area (Å²) in [6, 6.07) is 26.6. The largest absolute Gasteiger partial charge is 0.497 e. The van der Waals surface area contributed by atoms with Crippen LogP contribution in [0.1, 0.15) is 18.1 Å². The van der Waals surface area contributed by atoms with Crippen LogP contribution in [0, 0.1) is 0 Å². The summed E-state index contributed by atoms with van der Waals surface area (Å²) in [4.78, 5) is 4.88. The molecular formula is C25H23NO2. The Hall–Kier alpha value is -3.33. The maximum Gasteiger partial charge on any atom is 0.131 e. The first-order valence-corrected chi connectivity index (χ1v) is 9.51. The molecule has 0 atom stereocenters. The van der Waals surface area contributed by atoms with Crippen molar-refractivity contribution in [3.05, 3.63) is 90.0 Å². The number of aryl methyl sites for hydroxylation is 1. The fourth-order valence-electron chi connectivity index (χ4n) is 3.25. The number of rotatable bonds is 6. The summed E-state index contributed by atoms with van der Waals surface area (Å²) >= 11 is 0. The summed E-state index contributed by atoms with van der Waals surface area (Å²) in [6.45, 7) is 2.67. The van der Waals surface area contributed by atoms with Crippen molar-refractivity contribution in [1.82, 2.24) is 4.98 Å². The lowest BCUT2D eigenvalue weighted by molar-refractivity contribution is 0.310. The van der Waals surface area contributed by atoms with Gasteiger partial charge in [0.05, 0.1) is 18.3 Å². The minimum Gasteiger partial charge on any atom is -0.497 e. The lowest BCUT2D eigenvalue weighted by atomic mass is 10.0. The Morgan fingerprint density at radius 3 is 2.43 bits per heavy atom. The third kappa shape index (κ3) is 3.84. The molecule has 28 heavy (non-hydrogen) atoms. The van der Waals surface area contributed by atoms with E-state index in [2.05, 4.69) is 43.3 Å². The molecule has 0 saturated heterocycles. The predicted molar refractivity (Wildman–Crippen MR) is 114 cm³/mol. The predicted octanol–water partition coefficient (Wildman–Crippen LogP) is 6.05. The summed E-state index contributed by atoms with van der Waals surface area (Å²) < 4.78 is 11.6. The van der Waals surface area contributed by atoms with Gasteiger partial charge in [0.15, 0.2) is 0 Å². The van der Waals surface area contributed by atoms with Gasteiger partial charge < -0.3 is 9.47 Å².